The number of rotatable bonds is 8. The predicted molar refractivity (Wildman–Crippen MR) is 110 cm³/mol. The molecule has 0 aromatic heterocycles. The molecule has 0 radical (unpaired) electrons. The molecule has 2 rings (SSSR count). The van der Waals surface area contributed by atoms with E-state index in [0.717, 1.165) is 0 Å². The molecular formula is C22H26N2O7. The number of allylic oxidation sites excluding steroid dienone is 1. The van der Waals surface area contributed by atoms with Crippen LogP contribution in [0.3, 0.4) is 0 Å². The summed E-state index contributed by atoms with van der Waals surface area (Å²) < 4.78 is 26.5. The second-order valence-electron chi connectivity index (χ2n) is 6.81. The van der Waals surface area contributed by atoms with Gasteiger partial charge >= 0.3 is 11.9 Å². The monoisotopic (exact) mass is 430 g/mol. The molecule has 0 saturated carbocycles. The molecule has 1 atom stereocenters. The van der Waals surface area contributed by atoms with Crippen molar-refractivity contribution in [2.45, 2.75) is 39.2 Å². The van der Waals surface area contributed by atoms with E-state index in [1.165, 1.54) is 14.2 Å². The van der Waals surface area contributed by atoms with Crippen LogP contribution in [0.5, 0.6) is 11.5 Å². The smallest absolute Gasteiger partial charge is 0.338 e. The molecule has 31 heavy (non-hydrogen) atoms. The molecule has 0 aliphatic carbocycles. The molecule has 9 nitrogen and oxygen atoms in total. The van der Waals surface area contributed by atoms with Crippen LogP contribution in [-0.4, -0.2) is 38.9 Å². The van der Waals surface area contributed by atoms with E-state index in [-0.39, 0.29) is 35.3 Å². The van der Waals surface area contributed by atoms with Crippen LogP contribution in [0.15, 0.2) is 41.0 Å². The SMILES string of the molecule is CCOc1cc([C@H]2C(C#N)=C(N)OC(CC(=O)OC)=C2C(=O)OC)ccc1OC(C)C. The van der Waals surface area contributed by atoms with Crippen molar-refractivity contribution in [3.05, 3.63) is 46.6 Å². The number of benzene rings is 1. The molecule has 0 saturated heterocycles. The fourth-order valence-corrected chi connectivity index (χ4v) is 3.14. The summed E-state index contributed by atoms with van der Waals surface area (Å²) >= 11 is 0. The zero-order valence-corrected chi connectivity index (χ0v) is 18.2. The first kappa shape index (κ1) is 23.6. The lowest BCUT2D eigenvalue weighted by atomic mass is 9.82. The Labute approximate surface area is 181 Å². The number of nitrogens with zero attached hydrogens (tertiary/aromatic N) is 1. The van der Waals surface area contributed by atoms with Gasteiger partial charge in [-0.2, -0.15) is 5.26 Å². The van der Waals surface area contributed by atoms with Crippen LogP contribution in [0, 0.1) is 11.3 Å². The minimum atomic E-state index is -0.932. The fraction of sp³-hybridized carbons (Fsp3) is 0.409. The normalized spacial score (nSPS) is 15.8. The average Bonchev–Trinajstić information content (AvgIpc) is 2.73. The van der Waals surface area contributed by atoms with Gasteiger partial charge in [0.05, 0.1) is 38.4 Å². The van der Waals surface area contributed by atoms with E-state index in [9.17, 15) is 14.9 Å². The van der Waals surface area contributed by atoms with E-state index in [0.29, 0.717) is 23.7 Å². The van der Waals surface area contributed by atoms with Gasteiger partial charge in [0.25, 0.3) is 0 Å². The first-order chi connectivity index (χ1) is 14.8. The van der Waals surface area contributed by atoms with Crippen LogP contribution in [0.1, 0.15) is 38.7 Å². The first-order valence-electron chi connectivity index (χ1n) is 9.66. The molecule has 9 heteroatoms. The largest absolute Gasteiger partial charge is 0.490 e. The minimum absolute atomic E-state index is 0.00833. The minimum Gasteiger partial charge on any atom is -0.490 e. The lowest BCUT2D eigenvalue weighted by molar-refractivity contribution is -0.140. The molecule has 1 aliphatic rings. The number of esters is 2. The number of hydrogen-bond acceptors (Lipinski definition) is 9. The number of nitrogens with two attached hydrogens (primary N) is 1. The predicted octanol–water partition coefficient (Wildman–Crippen LogP) is 2.67. The number of ether oxygens (including phenoxy) is 5. The van der Waals surface area contributed by atoms with Crippen molar-refractivity contribution < 1.29 is 33.3 Å². The summed E-state index contributed by atoms with van der Waals surface area (Å²) in [6, 6.07) is 7.05. The van der Waals surface area contributed by atoms with Crippen molar-refractivity contribution in [3.8, 4) is 17.6 Å². The topological polar surface area (TPSA) is 130 Å². The summed E-state index contributed by atoms with van der Waals surface area (Å²) in [5, 5.41) is 9.74. The van der Waals surface area contributed by atoms with Gasteiger partial charge in [0, 0.05) is 0 Å². The van der Waals surface area contributed by atoms with Crippen molar-refractivity contribution in [2.24, 2.45) is 5.73 Å². The van der Waals surface area contributed by atoms with Crippen molar-refractivity contribution in [1.29, 1.82) is 5.26 Å². The number of nitriles is 1. The van der Waals surface area contributed by atoms with Crippen molar-refractivity contribution >= 4 is 11.9 Å². The van der Waals surface area contributed by atoms with Crippen molar-refractivity contribution in [1.82, 2.24) is 0 Å². The van der Waals surface area contributed by atoms with E-state index in [4.69, 9.17) is 24.7 Å². The van der Waals surface area contributed by atoms with E-state index in [1.807, 2.05) is 26.8 Å². The summed E-state index contributed by atoms with van der Waals surface area (Å²) in [5.41, 5.74) is 6.47. The molecule has 0 bridgehead atoms. The Balaban J connectivity index is 2.70. The Hall–Kier alpha value is -3.67. The molecule has 166 valence electrons. The van der Waals surface area contributed by atoms with Crippen molar-refractivity contribution in [2.75, 3.05) is 20.8 Å². The fourth-order valence-electron chi connectivity index (χ4n) is 3.14. The summed E-state index contributed by atoms with van der Waals surface area (Å²) in [6.07, 6.45) is -0.445. The van der Waals surface area contributed by atoms with E-state index >= 15 is 0 Å². The lowest BCUT2D eigenvalue weighted by Crippen LogP contribution is -2.27. The Bertz CT molecular complexity index is 957. The second-order valence-corrected chi connectivity index (χ2v) is 6.81. The van der Waals surface area contributed by atoms with Gasteiger partial charge in [0.2, 0.25) is 5.88 Å². The molecule has 2 N–H and O–H groups in total. The van der Waals surface area contributed by atoms with Gasteiger partial charge in [-0.15, -0.1) is 0 Å². The Morgan fingerprint density at radius 1 is 1.23 bits per heavy atom. The highest BCUT2D eigenvalue weighted by atomic mass is 16.5. The Morgan fingerprint density at radius 3 is 2.48 bits per heavy atom. The molecule has 0 spiro atoms. The van der Waals surface area contributed by atoms with Crippen LogP contribution in [0.4, 0.5) is 0 Å². The van der Waals surface area contributed by atoms with Crippen molar-refractivity contribution in [3.63, 3.8) is 0 Å². The van der Waals surface area contributed by atoms with Gasteiger partial charge in [-0.05, 0) is 38.5 Å². The zero-order valence-electron chi connectivity index (χ0n) is 18.2. The Kier molecular flexibility index (Phi) is 7.91. The quantitative estimate of drug-likeness (QED) is 0.618. The number of carbonyl (C=O) groups is 2. The van der Waals surface area contributed by atoms with Crippen LogP contribution in [0.25, 0.3) is 0 Å². The van der Waals surface area contributed by atoms with Crippen LogP contribution >= 0.6 is 0 Å². The summed E-state index contributed by atoms with van der Waals surface area (Å²) in [6.45, 7) is 5.97. The number of hydrogen-bond donors (Lipinski definition) is 1. The van der Waals surface area contributed by atoms with Gasteiger partial charge in [-0.1, -0.05) is 6.07 Å². The molecule has 0 amide bonds. The average molecular weight is 430 g/mol. The van der Waals surface area contributed by atoms with Crippen LogP contribution in [-0.2, 0) is 23.8 Å². The summed E-state index contributed by atoms with van der Waals surface area (Å²) in [4.78, 5) is 24.6. The molecule has 1 heterocycles. The Morgan fingerprint density at radius 2 is 1.94 bits per heavy atom. The summed E-state index contributed by atoms with van der Waals surface area (Å²) in [5.74, 6) is -1.63. The third kappa shape index (κ3) is 5.28. The van der Waals surface area contributed by atoms with Gasteiger partial charge in [-0.25, -0.2) is 4.79 Å². The van der Waals surface area contributed by atoms with Gasteiger partial charge < -0.3 is 29.4 Å². The van der Waals surface area contributed by atoms with E-state index < -0.39 is 17.9 Å². The van der Waals surface area contributed by atoms with E-state index in [1.54, 1.807) is 18.2 Å². The number of methoxy groups -OCH3 is 2. The molecular weight excluding hydrogens is 404 g/mol. The summed E-state index contributed by atoms with van der Waals surface area (Å²) in [7, 11) is 2.41. The molecule has 1 aliphatic heterocycles. The molecule has 0 unspecified atom stereocenters. The molecule has 1 aromatic carbocycles. The van der Waals surface area contributed by atoms with Gasteiger partial charge in [0.1, 0.15) is 23.8 Å². The third-order valence-electron chi connectivity index (χ3n) is 4.40. The van der Waals surface area contributed by atoms with Gasteiger partial charge in [0.15, 0.2) is 11.5 Å². The third-order valence-corrected chi connectivity index (χ3v) is 4.40. The first-order valence-corrected chi connectivity index (χ1v) is 9.66. The molecule has 1 aromatic rings. The maximum absolute atomic E-state index is 12.7. The zero-order chi connectivity index (χ0) is 23.1. The van der Waals surface area contributed by atoms with Crippen LogP contribution < -0.4 is 15.2 Å². The lowest BCUT2D eigenvalue weighted by Gasteiger charge is -2.28. The van der Waals surface area contributed by atoms with Gasteiger partial charge in [-0.3, -0.25) is 4.79 Å². The maximum atomic E-state index is 12.7. The van der Waals surface area contributed by atoms with E-state index in [2.05, 4.69) is 4.74 Å². The maximum Gasteiger partial charge on any atom is 0.338 e. The highest BCUT2D eigenvalue weighted by Gasteiger charge is 2.38. The standard InChI is InChI=1S/C22H26N2O7/c1-6-29-16-9-13(7-8-15(16)30-12(2)3)19-14(11-23)21(24)31-17(10-18(25)27-4)20(19)22(26)28-5/h7-9,12,19H,6,10,24H2,1-5H3/t19-/m0/s1. The highest BCUT2D eigenvalue weighted by Crippen LogP contribution is 2.43. The molecule has 0 fully saturated rings. The van der Waals surface area contributed by atoms with Crippen LogP contribution in [0.2, 0.25) is 0 Å². The number of carbonyl (C=O) groups excluding carboxylic acids is 2. The second kappa shape index (κ2) is 10.4. The highest BCUT2D eigenvalue weighted by molar-refractivity contribution is 5.93.